The van der Waals surface area contributed by atoms with Crippen LogP contribution in [0.25, 0.3) is 22.2 Å². The summed E-state index contributed by atoms with van der Waals surface area (Å²) in [6.07, 6.45) is 3.15. The lowest BCUT2D eigenvalue weighted by Gasteiger charge is -2.21. The number of nitrogens with zero attached hydrogens (tertiary/aromatic N) is 5. The third kappa shape index (κ3) is 4.57. The molecule has 35 heavy (non-hydrogen) atoms. The zero-order valence-corrected chi connectivity index (χ0v) is 20.4. The standard InChI is InChI=1S/C24H27FN8O2/c1-13-19(12-28-33(13)24(2,3)4)30-23(35)29-18-10-14(7-8-17(18)25)16-9-15-11-27-22(26-5)31-20(15)32(6)21(16)34/h7-12H,1-6H3,(H,26,27,31)(H2,29,30,35). The van der Waals surface area contributed by atoms with Gasteiger partial charge in [-0.05, 0) is 51.5 Å². The molecule has 0 fully saturated rings. The van der Waals surface area contributed by atoms with Gasteiger partial charge in [-0.1, -0.05) is 6.07 Å². The fourth-order valence-corrected chi connectivity index (χ4v) is 3.85. The highest BCUT2D eigenvalue weighted by Gasteiger charge is 2.20. The first kappa shape index (κ1) is 23.9. The monoisotopic (exact) mass is 478 g/mol. The lowest BCUT2D eigenvalue weighted by atomic mass is 10.1. The molecule has 3 heterocycles. The predicted octanol–water partition coefficient (Wildman–Crippen LogP) is 4.08. The molecule has 11 heteroatoms. The summed E-state index contributed by atoms with van der Waals surface area (Å²) in [5.41, 5.74) is 1.88. The molecule has 4 rings (SSSR count). The van der Waals surface area contributed by atoms with E-state index in [0.717, 1.165) is 5.69 Å². The number of pyridine rings is 1. The summed E-state index contributed by atoms with van der Waals surface area (Å²) in [5.74, 6) is -0.242. The number of fused-ring (bicyclic) bond motifs is 1. The SMILES string of the molecule is CNc1ncc2cc(-c3ccc(F)c(NC(=O)Nc4cnn(C(C)(C)C)c4C)c3)c(=O)n(C)c2n1. The fourth-order valence-electron chi connectivity index (χ4n) is 3.85. The highest BCUT2D eigenvalue weighted by atomic mass is 19.1. The minimum absolute atomic E-state index is 0.0650. The molecule has 1 aromatic carbocycles. The molecule has 182 valence electrons. The normalized spacial score (nSPS) is 11.5. The lowest BCUT2D eigenvalue weighted by Crippen LogP contribution is -2.25. The number of carbonyl (C=O) groups excluding carboxylic acids is 1. The quantitative estimate of drug-likeness (QED) is 0.407. The third-order valence-corrected chi connectivity index (χ3v) is 5.59. The number of amides is 2. The van der Waals surface area contributed by atoms with E-state index in [1.54, 1.807) is 37.2 Å². The van der Waals surface area contributed by atoms with Gasteiger partial charge < -0.3 is 16.0 Å². The zero-order chi connectivity index (χ0) is 25.5. The number of halogens is 1. The fraction of sp³-hybridized carbons (Fsp3) is 0.292. The number of anilines is 3. The molecule has 0 unspecified atom stereocenters. The van der Waals surface area contributed by atoms with Gasteiger partial charge in [-0.15, -0.1) is 0 Å². The van der Waals surface area contributed by atoms with E-state index in [1.807, 2.05) is 27.7 Å². The van der Waals surface area contributed by atoms with Crippen molar-refractivity contribution in [3.05, 3.63) is 58.5 Å². The van der Waals surface area contributed by atoms with Crippen LogP contribution in [0.5, 0.6) is 0 Å². The van der Waals surface area contributed by atoms with Crippen molar-refractivity contribution in [1.82, 2.24) is 24.3 Å². The zero-order valence-electron chi connectivity index (χ0n) is 20.4. The first-order valence-corrected chi connectivity index (χ1v) is 11.0. The Kier molecular flexibility index (Phi) is 6.01. The van der Waals surface area contributed by atoms with Gasteiger partial charge in [-0.25, -0.2) is 14.2 Å². The molecule has 0 saturated heterocycles. The van der Waals surface area contributed by atoms with Gasteiger partial charge in [0, 0.05) is 31.2 Å². The molecule has 4 aromatic rings. The number of benzene rings is 1. The maximum absolute atomic E-state index is 14.6. The molecule has 0 bridgehead atoms. The van der Waals surface area contributed by atoms with E-state index < -0.39 is 11.8 Å². The Bertz CT molecular complexity index is 1500. The number of hydrogen-bond acceptors (Lipinski definition) is 6. The Balaban J connectivity index is 1.64. The molecular weight excluding hydrogens is 451 g/mol. The Morgan fingerprint density at radius 1 is 1.09 bits per heavy atom. The minimum atomic E-state index is -0.634. The molecule has 0 saturated carbocycles. The molecule has 0 aliphatic carbocycles. The van der Waals surface area contributed by atoms with Crippen LogP contribution in [0.2, 0.25) is 0 Å². The molecule has 3 N–H and O–H groups in total. The van der Waals surface area contributed by atoms with Crippen LogP contribution in [0.15, 0.2) is 41.5 Å². The number of aryl methyl sites for hydroxylation is 1. The number of rotatable bonds is 4. The maximum Gasteiger partial charge on any atom is 0.323 e. The second-order valence-corrected chi connectivity index (χ2v) is 9.14. The Morgan fingerprint density at radius 3 is 2.46 bits per heavy atom. The van der Waals surface area contributed by atoms with Crippen LogP contribution in [0, 0.1) is 12.7 Å². The first-order valence-electron chi connectivity index (χ1n) is 11.0. The molecule has 0 aliphatic rings. The second kappa shape index (κ2) is 8.82. The van der Waals surface area contributed by atoms with E-state index in [2.05, 4.69) is 31.0 Å². The van der Waals surface area contributed by atoms with E-state index >= 15 is 0 Å². The number of nitrogens with one attached hydrogen (secondary N) is 3. The van der Waals surface area contributed by atoms with E-state index in [1.165, 1.54) is 22.8 Å². The van der Waals surface area contributed by atoms with E-state index in [4.69, 9.17) is 0 Å². The van der Waals surface area contributed by atoms with Crippen molar-refractivity contribution in [1.29, 1.82) is 0 Å². The van der Waals surface area contributed by atoms with Gasteiger partial charge in [0.1, 0.15) is 11.5 Å². The molecule has 0 atom stereocenters. The van der Waals surface area contributed by atoms with Crippen LogP contribution in [0.1, 0.15) is 26.5 Å². The van der Waals surface area contributed by atoms with E-state index in [-0.39, 0.29) is 16.8 Å². The van der Waals surface area contributed by atoms with E-state index in [9.17, 15) is 14.0 Å². The van der Waals surface area contributed by atoms with Crippen molar-refractivity contribution in [3.8, 4) is 11.1 Å². The van der Waals surface area contributed by atoms with Gasteiger partial charge >= 0.3 is 6.03 Å². The summed E-state index contributed by atoms with van der Waals surface area (Å²) < 4.78 is 17.8. The number of urea groups is 1. The predicted molar refractivity (Wildman–Crippen MR) is 134 cm³/mol. The maximum atomic E-state index is 14.6. The summed E-state index contributed by atoms with van der Waals surface area (Å²) >= 11 is 0. The largest absolute Gasteiger partial charge is 0.357 e. The number of hydrogen-bond donors (Lipinski definition) is 3. The molecule has 2 amide bonds. The summed E-state index contributed by atoms with van der Waals surface area (Å²) in [7, 11) is 3.30. The van der Waals surface area contributed by atoms with Crippen molar-refractivity contribution < 1.29 is 9.18 Å². The first-order chi connectivity index (χ1) is 16.5. The van der Waals surface area contributed by atoms with Gasteiger partial charge in [-0.2, -0.15) is 10.1 Å². The highest BCUT2D eigenvalue weighted by Crippen LogP contribution is 2.26. The molecule has 0 aliphatic heterocycles. The van der Waals surface area contributed by atoms with Crippen LogP contribution in [0.4, 0.5) is 26.5 Å². The van der Waals surface area contributed by atoms with Crippen LogP contribution in [0.3, 0.4) is 0 Å². The van der Waals surface area contributed by atoms with Crippen molar-refractivity contribution in [2.75, 3.05) is 23.0 Å². The van der Waals surface area contributed by atoms with Crippen LogP contribution in [-0.2, 0) is 12.6 Å². The highest BCUT2D eigenvalue weighted by molar-refractivity contribution is 6.00. The number of aromatic nitrogens is 5. The molecule has 10 nitrogen and oxygen atoms in total. The molecule has 3 aromatic heterocycles. The minimum Gasteiger partial charge on any atom is -0.357 e. The molecular formula is C24H27FN8O2. The van der Waals surface area contributed by atoms with E-state index in [0.29, 0.717) is 33.8 Å². The van der Waals surface area contributed by atoms with Gasteiger partial charge in [-0.3, -0.25) is 14.0 Å². The molecule has 0 radical (unpaired) electrons. The van der Waals surface area contributed by atoms with Crippen LogP contribution >= 0.6 is 0 Å². The van der Waals surface area contributed by atoms with Crippen molar-refractivity contribution in [2.24, 2.45) is 7.05 Å². The van der Waals surface area contributed by atoms with Crippen LogP contribution in [-0.4, -0.2) is 37.4 Å². The van der Waals surface area contributed by atoms with Crippen LogP contribution < -0.4 is 21.5 Å². The van der Waals surface area contributed by atoms with Gasteiger partial charge in [0.25, 0.3) is 5.56 Å². The summed E-state index contributed by atoms with van der Waals surface area (Å²) in [6, 6.07) is 5.14. The average Bonchev–Trinajstić information content (AvgIpc) is 3.17. The third-order valence-electron chi connectivity index (χ3n) is 5.59. The Hall–Kier alpha value is -4.28. The smallest absolute Gasteiger partial charge is 0.323 e. The topological polar surface area (TPSA) is 119 Å². The second-order valence-electron chi connectivity index (χ2n) is 9.14. The molecule has 0 spiro atoms. The van der Waals surface area contributed by atoms with Crippen molar-refractivity contribution in [3.63, 3.8) is 0 Å². The Labute approximate surface area is 201 Å². The van der Waals surface area contributed by atoms with Gasteiger partial charge in [0.15, 0.2) is 0 Å². The summed E-state index contributed by atoms with van der Waals surface area (Å²) in [4.78, 5) is 34.2. The van der Waals surface area contributed by atoms with Gasteiger partial charge in [0.2, 0.25) is 5.95 Å². The summed E-state index contributed by atoms with van der Waals surface area (Å²) in [6.45, 7) is 7.84. The lowest BCUT2D eigenvalue weighted by molar-refractivity contribution is 0.262. The average molecular weight is 479 g/mol. The Morgan fingerprint density at radius 2 is 1.80 bits per heavy atom. The van der Waals surface area contributed by atoms with Crippen molar-refractivity contribution >= 4 is 34.4 Å². The van der Waals surface area contributed by atoms with Crippen molar-refractivity contribution in [2.45, 2.75) is 33.2 Å². The number of carbonyl (C=O) groups is 1. The van der Waals surface area contributed by atoms with Gasteiger partial charge in [0.05, 0.1) is 28.8 Å². The summed E-state index contributed by atoms with van der Waals surface area (Å²) in [5, 5.41) is 13.0.